The van der Waals surface area contributed by atoms with Gasteiger partial charge >= 0.3 is 12.3 Å². The van der Waals surface area contributed by atoms with E-state index < -0.39 is 51.2 Å². The van der Waals surface area contributed by atoms with Crippen LogP contribution in [0, 0.1) is 0 Å². The molecule has 2 rings (SSSR count). The second kappa shape index (κ2) is 8.66. The van der Waals surface area contributed by atoms with Gasteiger partial charge in [0.2, 0.25) is 15.9 Å². The molecule has 1 aliphatic heterocycles. The maximum atomic E-state index is 13.2. The van der Waals surface area contributed by atoms with E-state index in [4.69, 9.17) is 5.11 Å². The highest BCUT2D eigenvalue weighted by Gasteiger charge is 2.38. The molecule has 1 aromatic carbocycles. The normalized spacial score (nSPS) is 16.1. The minimum Gasteiger partial charge on any atom is -0.465 e. The van der Waals surface area contributed by atoms with Crippen LogP contribution in [0.4, 0.5) is 18.0 Å². The zero-order chi connectivity index (χ0) is 21.1. The first-order valence-corrected chi connectivity index (χ1v) is 10.3. The van der Waals surface area contributed by atoms with Gasteiger partial charge < -0.3 is 15.3 Å². The fourth-order valence-electron chi connectivity index (χ4n) is 2.75. The summed E-state index contributed by atoms with van der Waals surface area (Å²) in [7, 11) is -4.43. The van der Waals surface area contributed by atoms with Gasteiger partial charge in [-0.1, -0.05) is 15.9 Å². The molecule has 13 heteroatoms. The highest BCUT2D eigenvalue weighted by molar-refractivity contribution is 9.10. The molecule has 0 aromatic heterocycles. The number of carbonyl (C=O) groups is 2. The molecule has 0 aliphatic carbocycles. The van der Waals surface area contributed by atoms with Crippen LogP contribution in [0.15, 0.2) is 27.6 Å². The summed E-state index contributed by atoms with van der Waals surface area (Å²) in [6.45, 7) is -0.0981. The van der Waals surface area contributed by atoms with Crippen molar-refractivity contribution >= 4 is 38.0 Å². The zero-order valence-corrected chi connectivity index (χ0v) is 16.7. The molecule has 0 saturated carbocycles. The Kier molecular flexibility index (Phi) is 6.93. The van der Waals surface area contributed by atoms with E-state index in [1.165, 1.54) is 11.0 Å². The van der Waals surface area contributed by atoms with E-state index in [0.29, 0.717) is 6.07 Å². The lowest BCUT2D eigenvalue weighted by Crippen LogP contribution is -2.49. The first-order chi connectivity index (χ1) is 12.9. The first-order valence-electron chi connectivity index (χ1n) is 8.04. The van der Waals surface area contributed by atoms with Gasteiger partial charge in [0.1, 0.15) is 6.54 Å². The summed E-state index contributed by atoms with van der Waals surface area (Å²) >= 11 is 2.90. The molecule has 0 unspecified atom stereocenters. The predicted octanol–water partition coefficient (Wildman–Crippen LogP) is 2.00. The van der Waals surface area contributed by atoms with Crippen molar-refractivity contribution in [1.82, 2.24) is 14.9 Å². The number of amides is 2. The number of hydrogen-bond donors (Lipinski definition) is 3. The van der Waals surface area contributed by atoms with Crippen LogP contribution < -0.4 is 10.0 Å². The summed E-state index contributed by atoms with van der Waals surface area (Å²) < 4.78 is 66.9. The van der Waals surface area contributed by atoms with Crippen molar-refractivity contribution in [3.05, 3.63) is 28.2 Å². The molecule has 0 radical (unpaired) electrons. The van der Waals surface area contributed by atoms with Crippen LogP contribution in [-0.2, 0) is 21.0 Å². The number of piperidine rings is 1. The van der Waals surface area contributed by atoms with Crippen LogP contribution in [-0.4, -0.2) is 56.1 Å². The highest BCUT2D eigenvalue weighted by atomic mass is 79.9. The summed E-state index contributed by atoms with van der Waals surface area (Å²) in [6.07, 6.45) is -5.81. The van der Waals surface area contributed by atoms with E-state index in [2.05, 4.69) is 20.7 Å². The molecule has 28 heavy (non-hydrogen) atoms. The average molecular weight is 488 g/mol. The van der Waals surface area contributed by atoms with Crippen LogP contribution >= 0.6 is 15.9 Å². The van der Waals surface area contributed by atoms with Crippen LogP contribution in [0.25, 0.3) is 0 Å². The molecule has 0 atom stereocenters. The van der Waals surface area contributed by atoms with Gasteiger partial charge in [-0.15, -0.1) is 0 Å². The second-order valence-corrected chi connectivity index (χ2v) is 8.67. The standard InChI is InChI=1S/C15H17BrF3N3O5S/c16-9-1-2-12(11(7-9)15(17,18)19)28(26,27)21-10-3-5-22(6-4-10)13(23)8-20-14(24)25/h1-2,7,10,20-21H,3-6,8H2,(H,24,25). The Morgan fingerprint density at radius 3 is 2.39 bits per heavy atom. The Hall–Kier alpha value is -1.86. The maximum Gasteiger partial charge on any atom is 0.417 e. The monoisotopic (exact) mass is 487 g/mol. The van der Waals surface area contributed by atoms with E-state index in [9.17, 15) is 31.2 Å². The summed E-state index contributed by atoms with van der Waals surface area (Å²) in [4.78, 5) is 22.7. The summed E-state index contributed by atoms with van der Waals surface area (Å²) in [5, 5.41) is 10.4. The maximum absolute atomic E-state index is 13.2. The molecule has 1 aliphatic rings. The van der Waals surface area contributed by atoms with Gasteiger partial charge in [0.15, 0.2) is 0 Å². The van der Waals surface area contributed by atoms with E-state index in [1.807, 2.05) is 5.32 Å². The Labute approximate surface area is 167 Å². The quantitative estimate of drug-likeness (QED) is 0.587. The van der Waals surface area contributed by atoms with Crippen molar-refractivity contribution in [1.29, 1.82) is 0 Å². The molecule has 0 bridgehead atoms. The van der Waals surface area contributed by atoms with Crippen molar-refractivity contribution in [2.24, 2.45) is 0 Å². The number of likely N-dealkylation sites (tertiary alicyclic amines) is 1. The molecule has 0 spiro atoms. The number of nitrogens with one attached hydrogen (secondary N) is 2. The number of rotatable bonds is 5. The molecule has 2 amide bonds. The van der Waals surface area contributed by atoms with Gasteiger partial charge in [-0.3, -0.25) is 4.79 Å². The van der Waals surface area contributed by atoms with Crippen molar-refractivity contribution in [3.8, 4) is 0 Å². The number of halogens is 4. The van der Waals surface area contributed by atoms with E-state index in [-0.39, 0.29) is 30.4 Å². The van der Waals surface area contributed by atoms with Gasteiger partial charge in [0.05, 0.1) is 10.5 Å². The van der Waals surface area contributed by atoms with Crippen LogP contribution in [0.3, 0.4) is 0 Å². The largest absolute Gasteiger partial charge is 0.465 e. The first kappa shape index (κ1) is 22.4. The Morgan fingerprint density at radius 2 is 1.86 bits per heavy atom. The predicted molar refractivity (Wildman–Crippen MR) is 95.1 cm³/mol. The number of sulfonamides is 1. The smallest absolute Gasteiger partial charge is 0.417 e. The fraction of sp³-hybridized carbons (Fsp3) is 0.467. The molecule has 1 fully saturated rings. The number of carboxylic acid groups (broad SMARTS) is 1. The highest BCUT2D eigenvalue weighted by Crippen LogP contribution is 2.36. The summed E-state index contributed by atoms with van der Waals surface area (Å²) in [6, 6.07) is 2.14. The molecule has 8 nitrogen and oxygen atoms in total. The Balaban J connectivity index is 2.05. The van der Waals surface area contributed by atoms with E-state index in [0.717, 1.165) is 6.07 Å². The van der Waals surface area contributed by atoms with Crippen molar-refractivity contribution in [2.75, 3.05) is 19.6 Å². The van der Waals surface area contributed by atoms with Gasteiger partial charge in [0.25, 0.3) is 0 Å². The van der Waals surface area contributed by atoms with Gasteiger partial charge in [0, 0.05) is 23.6 Å². The van der Waals surface area contributed by atoms with Gasteiger partial charge in [-0.05, 0) is 31.0 Å². The number of hydrogen-bond acceptors (Lipinski definition) is 4. The number of carbonyl (C=O) groups excluding carboxylic acids is 1. The molecule has 1 aromatic rings. The fourth-order valence-corrected chi connectivity index (χ4v) is 4.62. The molecular weight excluding hydrogens is 471 g/mol. The SMILES string of the molecule is O=C(O)NCC(=O)N1CCC(NS(=O)(=O)c2ccc(Br)cc2C(F)(F)F)CC1. The van der Waals surface area contributed by atoms with Crippen molar-refractivity contribution in [3.63, 3.8) is 0 Å². The lowest BCUT2D eigenvalue weighted by molar-refractivity contribution is -0.140. The zero-order valence-electron chi connectivity index (χ0n) is 14.3. The minimum atomic E-state index is -4.85. The van der Waals surface area contributed by atoms with Crippen molar-refractivity contribution in [2.45, 2.75) is 30.0 Å². The third kappa shape index (κ3) is 5.82. The molecule has 1 saturated heterocycles. The lowest BCUT2D eigenvalue weighted by Gasteiger charge is -2.32. The number of benzene rings is 1. The summed E-state index contributed by atoms with van der Waals surface area (Å²) in [5.41, 5.74) is -1.28. The van der Waals surface area contributed by atoms with Crippen LogP contribution in [0.2, 0.25) is 0 Å². The van der Waals surface area contributed by atoms with E-state index in [1.54, 1.807) is 0 Å². The van der Waals surface area contributed by atoms with Crippen LogP contribution in [0.1, 0.15) is 18.4 Å². The second-order valence-electron chi connectivity index (χ2n) is 6.07. The average Bonchev–Trinajstić information content (AvgIpc) is 2.59. The molecular formula is C15H17BrF3N3O5S. The Morgan fingerprint density at radius 1 is 1.25 bits per heavy atom. The third-order valence-corrected chi connectivity index (χ3v) is 6.17. The number of nitrogens with zero attached hydrogens (tertiary/aromatic N) is 1. The van der Waals surface area contributed by atoms with Crippen LogP contribution in [0.5, 0.6) is 0 Å². The number of alkyl halides is 3. The molecule has 156 valence electrons. The van der Waals surface area contributed by atoms with Gasteiger partial charge in [-0.2, -0.15) is 13.2 Å². The van der Waals surface area contributed by atoms with Crippen molar-refractivity contribution < 1.29 is 36.3 Å². The topological polar surface area (TPSA) is 116 Å². The minimum absolute atomic E-state index is 0.0977. The van der Waals surface area contributed by atoms with Gasteiger partial charge in [-0.25, -0.2) is 17.9 Å². The molecule has 3 N–H and O–H groups in total. The molecule has 1 heterocycles. The van der Waals surface area contributed by atoms with E-state index >= 15 is 0 Å². The third-order valence-electron chi connectivity index (χ3n) is 4.10. The summed E-state index contributed by atoms with van der Waals surface area (Å²) in [5.74, 6) is -0.462. The Bertz CT molecular complexity index is 855. The lowest BCUT2D eigenvalue weighted by atomic mass is 10.1.